The molecule has 0 spiro atoms. The van der Waals surface area contributed by atoms with E-state index >= 15 is 0 Å². The van der Waals surface area contributed by atoms with Gasteiger partial charge in [-0.2, -0.15) is 5.10 Å². The monoisotopic (exact) mass is 260 g/mol. The van der Waals surface area contributed by atoms with Gasteiger partial charge in [-0.1, -0.05) is 13.8 Å². The van der Waals surface area contributed by atoms with Crippen molar-refractivity contribution in [3.63, 3.8) is 0 Å². The Kier molecular flexibility index (Phi) is 4.04. The highest BCUT2D eigenvalue weighted by molar-refractivity contribution is 5.52. The van der Waals surface area contributed by atoms with Crippen LogP contribution in [0.25, 0.3) is 5.69 Å². The molecule has 0 unspecified atom stereocenters. The highest BCUT2D eigenvalue weighted by atomic mass is 16.5. The van der Waals surface area contributed by atoms with Crippen LogP contribution in [0, 0.1) is 0 Å². The smallest absolute Gasteiger partial charge is 0.139 e. The molecule has 0 radical (unpaired) electrons. The molecule has 0 aliphatic rings. The second-order valence-electron chi connectivity index (χ2n) is 4.24. The quantitative estimate of drug-likeness (QED) is 0.896. The van der Waals surface area contributed by atoms with E-state index in [0.717, 1.165) is 41.4 Å². The Balaban J connectivity index is 2.48. The Morgan fingerprint density at radius 1 is 1.21 bits per heavy atom. The molecule has 5 heteroatoms. The Morgan fingerprint density at radius 2 is 2.00 bits per heavy atom. The normalized spacial score (nSPS) is 10.7. The first-order valence-electron chi connectivity index (χ1n) is 6.65. The summed E-state index contributed by atoms with van der Waals surface area (Å²) in [6.07, 6.45) is 5.13. The summed E-state index contributed by atoms with van der Waals surface area (Å²) in [7, 11) is 0. The number of ether oxygens (including phenoxy) is 1. The van der Waals surface area contributed by atoms with Crippen LogP contribution in [0.5, 0.6) is 5.75 Å². The first-order valence-corrected chi connectivity index (χ1v) is 6.65. The molecule has 0 aliphatic heterocycles. The zero-order chi connectivity index (χ0) is 13.8. The molecule has 0 saturated carbocycles. The Labute approximate surface area is 113 Å². The molecule has 102 valence electrons. The molecule has 2 N–H and O–H groups in total. The minimum atomic E-state index is 0.618. The van der Waals surface area contributed by atoms with Gasteiger partial charge in [-0.05, 0) is 19.8 Å². The van der Waals surface area contributed by atoms with E-state index in [1.54, 1.807) is 12.4 Å². The summed E-state index contributed by atoms with van der Waals surface area (Å²) in [5.74, 6) is 0.745. The standard InChI is InChI=1S/C14H20N4O/c1-4-12-14(15)13(5-2)18(17-12)10-7-11(19-6-3)9-16-8-10/h7-9H,4-6,15H2,1-3H3. The van der Waals surface area contributed by atoms with Crippen LogP contribution in [0.15, 0.2) is 18.5 Å². The number of rotatable bonds is 5. The van der Waals surface area contributed by atoms with Crippen LogP contribution in [0.1, 0.15) is 32.2 Å². The third kappa shape index (κ3) is 2.54. The second kappa shape index (κ2) is 5.73. The zero-order valence-corrected chi connectivity index (χ0v) is 11.7. The van der Waals surface area contributed by atoms with Crippen molar-refractivity contribution >= 4 is 5.69 Å². The lowest BCUT2D eigenvalue weighted by molar-refractivity contribution is 0.338. The maximum absolute atomic E-state index is 6.12. The molecular formula is C14H20N4O. The second-order valence-corrected chi connectivity index (χ2v) is 4.24. The number of aromatic nitrogens is 3. The van der Waals surface area contributed by atoms with Gasteiger partial charge in [0.05, 0.1) is 41.8 Å². The summed E-state index contributed by atoms with van der Waals surface area (Å²) in [5.41, 5.74) is 9.74. The highest BCUT2D eigenvalue weighted by Gasteiger charge is 2.14. The first kappa shape index (κ1) is 13.4. The number of hydrogen-bond donors (Lipinski definition) is 1. The summed E-state index contributed by atoms with van der Waals surface area (Å²) < 4.78 is 7.33. The molecule has 2 aromatic rings. The topological polar surface area (TPSA) is 66.0 Å². The Bertz CT molecular complexity index is 563. The van der Waals surface area contributed by atoms with Gasteiger partial charge in [0.15, 0.2) is 0 Å². The molecule has 0 bridgehead atoms. The molecule has 19 heavy (non-hydrogen) atoms. The largest absolute Gasteiger partial charge is 0.492 e. The van der Waals surface area contributed by atoms with Crippen molar-refractivity contribution in [3.8, 4) is 11.4 Å². The van der Waals surface area contributed by atoms with Gasteiger partial charge in [0.25, 0.3) is 0 Å². The van der Waals surface area contributed by atoms with Crippen LogP contribution in [0.3, 0.4) is 0 Å². The third-order valence-corrected chi connectivity index (χ3v) is 3.02. The van der Waals surface area contributed by atoms with E-state index in [9.17, 15) is 0 Å². The van der Waals surface area contributed by atoms with E-state index in [1.807, 2.05) is 17.7 Å². The van der Waals surface area contributed by atoms with Gasteiger partial charge in [0.2, 0.25) is 0 Å². The average molecular weight is 260 g/mol. The minimum Gasteiger partial charge on any atom is -0.492 e. The molecule has 2 heterocycles. The molecule has 2 aromatic heterocycles. The van der Waals surface area contributed by atoms with Crippen LogP contribution >= 0.6 is 0 Å². The summed E-state index contributed by atoms with van der Waals surface area (Å²) in [4.78, 5) is 4.19. The fourth-order valence-corrected chi connectivity index (χ4v) is 2.10. The molecule has 2 rings (SSSR count). The lowest BCUT2D eigenvalue weighted by atomic mass is 10.2. The zero-order valence-electron chi connectivity index (χ0n) is 11.7. The molecule has 0 aromatic carbocycles. The van der Waals surface area contributed by atoms with Crippen molar-refractivity contribution in [1.29, 1.82) is 0 Å². The fraction of sp³-hybridized carbons (Fsp3) is 0.429. The SMILES string of the molecule is CCOc1cncc(-n2nc(CC)c(N)c2CC)c1. The van der Waals surface area contributed by atoms with Gasteiger partial charge in [-0.25, -0.2) is 4.68 Å². The third-order valence-electron chi connectivity index (χ3n) is 3.02. The van der Waals surface area contributed by atoms with Crippen molar-refractivity contribution < 1.29 is 4.74 Å². The number of hydrogen-bond acceptors (Lipinski definition) is 4. The number of anilines is 1. The Hall–Kier alpha value is -2.04. The van der Waals surface area contributed by atoms with E-state index in [2.05, 4.69) is 23.9 Å². The van der Waals surface area contributed by atoms with Crippen LogP contribution in [0.2, 0.25) is 0 Å². The van der Waals surface area contributed by atoms with Gasteiger partial charge in [0.1, 0.15) is 5.75 Å². The van der Waals surface area contributed by atoms with Crippen molar-refractivity contribution in [1.82, 2.24) is 14.8 Å². The van der Waals surface area contributed by atoms with E-state index in [-0.39, 0.29) is 0 Å². The number of aryl methyl sites for hydroxylation is 1. The van der Waals surface area contributed by atoms with Crippen LogP contribution < -0.4 is 10.5 Å². The lowest BCUT2D eigenvalue weighted by Gasteiger charge is -2.08. The lowest BCUT2D eigenvalue weighted by Crippen LogP contribution is -2.04. The number of nitrogen functional groups attached to an aromatic ring is 1. The van der Waals surface area contributed by atoms with Crippen LogP contribution in [0.4, 0.5) is 5.69 Å². The Morgan fingerprint density at radius 3 is 2.63 bits per heavy atom. The van der Waals surface area contributed by atoms with Crippen LogP contribution in [-0.4, -0.2) is 21.4 Å². The predicted molar refractivity (Wildman–Crippen MR) is 75.7 cm³/mol. The van der Waals surface area contributed by atoms with Crippen molar-refractivity contribution in [3.05, 3.63) is 29.8 Å². The molecule has 0 aliphatic carbocycles. The molecule has 5 nitrogen and oxygen atoms in total. The molecular weight excluding hydrogens is 240 g/mol. The van der Waals surface area contributed by atoms with Gasteiger partial charge in [-0.15, -0.1) is 0 Å². The first-order chi connectivity index (χ1) is 9.21. The average Bonchev–Trinajstić information content (AvgIpc) is 2.75. The van der Waals surface area contributed by atoms with Gasteiger partial charge in [0, 0.05) is 6.07 Å². The molecule has 0 atom stereocenters. The van der Waals surface area contributed by atoms with Crippen LogP contribution in [-0.2, 0) is 12.8 Å². The van der Waals surface area contributed by atoms with Crippen molar-refractivity contribution in [2.24, 2.45) is 0 Å². The maximum atomic E-state index is 6.12. The molecule has 0 saturated heterocycles. The van der Waals surface area contributed by atoms with Gasteiger partial charge >= 0.3 is 0 Å². The van der Waals surface area contributed by atoms with E-state index < -0.39 is 0 Å². The molecule has 0 fully saturated rings. The number of nitrogens with zero attached hydrogens (tertiary/aromatic N) is 3. The maximum Gasteiger partial charge on any atom is 0.139 e. The van der Waals surface area contributed by atoms with Gasteiger partial charge < -0.3 is 10.5 Å². The highest BCUT2D eigenvalue weighted by Crippen LogP contribution is 2.23. The molecule has 0 amide bonds. The summed E-state index contributed by atoms with van der Waals surface area (Å²) in [6.45, 7) is 6.69. The van der Waals surface area contributed by atoms with E-state index in [4.69, 9.17) is 10.5 Å². The van der Waals surface area contributed by atoms with Crippen molar-refractivity contribution in [2.75, 3.05) is 12.3 Å². The van der Waals surface area contributed by atoms with E-state index in [0.29, 0.717) is 6.61 Å². The summed E-state index contributed by atoms with van der Waals surface area (Å²) in [6, 6.07) is 1.93. The minimum absolute atomic E-state index is 0.618. The van der Waals surface area contributed by atoms with Gasteiger partial charge in [-0.3, -0.25) is 4.98 Å². The summed E-state index contributed by atoms with van der Waals surface area (Å²) in [5, 5.41) is 4.57. The predicted octanol–water partition coefficient (Wildman–Crippen LogP) is 2.37. The number of pyridine rings is 1. The van der Waals surface area contributed by atoms with E-state index in [1.165, 1.54) is 0 Å². The fourth-order valence-electron chi connectivity index (χ4n) is 2.10. The summed E-state index contributed by atoms with van der Waals surface area (Å²) >= 11 is 0. The van der Waals surface area contributed by atoms with Crippen molar-refractivity contribution in [2.45, 2.75) is 33.6 Å². The number of nitrogens with two attached hydrogens (primary N) is 1.